The van der Waals surface area contributed by atoms with Crippen molar-refractivity contribution in [3.63, 3.8) is 0 Å². The number of carbonyl (C=O) groups is 2. The molecule has 5 nitrogen and oxygen atoms in total. The number of hydrogen-bond acceptors (Lipinski definition) is 3. The van der Waals surface area contributed by atoms with Crippen molar-refractivity contribution in [2.45, 2.75) is 19.3 Å². The van der Waals surface area contributed by atoms with E-state index in [1.165, 1.54) is 0 Å². The van der Waals surface area contributed by atoms with Crippen molar-refractivity contribution in [3.05, 3.63) is 23.8 Å². The summed E-state index contributed by atoms with van der Waals surface area (Å²) in [6, 6.07) is 7.31. The number of nitrogens with zero attached hydrogens (tertiary/aromatic N) is 2. The van der Waals surface area contributed by atoms with E-state index in [9.17, 15) is 9.59 Å². The van der Waals surface area contributed by atoms with E-state index in [4.69, 9.17) is 5.26 Å². The summed E-state index contributed by atoms with van der Waals surface area (Å²) in [5, 5.41) is 11.1. The topological polar surface area (TPSA) is 73.2 Å². The molecule has 1 aliphatic rings. The van der Waals surface area contributed by atoms with Crippen molar-refractivity contribution in [2.24, 2.45) is 0 Å². The quantitative estimate of drug-likeness (QED) is 0.873. The molecule has 18 heavy (non-hydrogen) atoms. The minimum atomic E-state index is -0.186. The van der Waals surface area contributed by atoms with Crippen LogP contribution in [-0.4, -0.2) is 18.9 Å². The Morgan fingerprint density at radius 3 is 3.06 bits per heavy atom. The molecule has 0 bridgehead atoms. The molecule has 0 aliphatic carbocycles. The van der Waals surface area contributed by atoms with E-state index in [0.717, 1.165) is 11.3 Å². The standard InChI is InChI=1S/C13H13N3O2/c1-16-11-5-4-10(7-9(11)8-13(16)18)15-12(17)3-2-6-14/h4-5,7H,2-3,8H2,1H3,(H,15,17). The molecular weight excluding hydrogens is 230 g/mol. The van der Waals surface area contributed by atoms with Gasteiger partial charge in [0.15, 0.2) is 0 Å². The first kappa shape index (κ1) is 12.1. The molecule has 0 fully saturated rings. The summed E-state index contributed by atoms with van der Waals surface area (Å²) in [6.45, 7) is 0. The molecule has 1 aromatic rings. The highest BCUT2D eigenvalue weighted by molar-refractivity contribution is 6.02. The van der Waals surface area contributed by atoms with Gasteiger partial charge in [-0.2, -0.15) is 5.26 Å². The summed E-state index contributed by atoms with van der Waals surface area (Å²) >= 11 is 0. The van der Waals surface area contributed by atoms with Crippen LogP contribution < -0.4 is 10.2 Å². The Labute approximate surface area is 105 Å². The first-order valence-electron chi connectivity index (χ1n) is 5.68. The van der Waals surface area contributed by atoms with Crippen molar-refractivity contribution in [1.29, 1.82) is 5.26 Å². The molecule has 1 heterocycles. The monoisotopic (exact) mass is 243 g/mol. The van der Waals surface area contributed by atoms with Gasteiger partial charge in [-0.25, -0.2) is 0 Å². The van der Waals surface area contributed by atoms with Crippen LogP contribution in [0.4, 0.5) is 11.4 Å². The smallest absolute Gasteiger partial charge is 0.231 e. The molecule has 0 saturated carbocycles. The fourth-order valence-corrected chi connectivity index (χ4v) is 1.94. The normalized spacial score (nSPS) is 13.1. The van der Waals surface area contributed by atoms with E-state index < -0.39 is 0 Å². The number of nitriles is 1. The molecule has 2 rings (SSSR count). The molecular formula is C13H13N3O2. The molecule has 2 amide bonds. The zero-order valence-corrected chi connectivity index (χ0v) is 10.1. The summed E-state index contributed by atoms with van der Waals surface area (Å²) in [4.78, 5) is 24.6. The summed E-state index contributed by atoms with van der Waals surface area (Å²) in [5.41, 5.74) is 2.47. The Hall–Kier alpha value is -2.35. The van der Waals surface area contributed by atoms with E-state index in [-0.39, 0.29) is 24.7 Å². The number of carbonyl (C=O) groups excluding carboxylic acids is 2. The zero-order chi connectivity index (χ0) is 13.1. The molecule has 0 aromatic heterocycles. The lowest BCUT2D eigenvalue weighted by molar-refractivity contribution is -0.117. The highest BCUT2D eigenvalue weighted by Gasteiger charge is 2.23. The Balaban J connectivity index is 2.10. The van der Waals surface area contributed by atoms with E-state index in [2.05, 4.69) is 5.32 Å². The number of anilines is 2. The molecule has 92 valence electrons. The predicted molar refractivity (Wildman–Crippen MR) is 67.0 cm³/mol. The summed E-state index contributed by atoms with van der Waals surface area (Å²) in [6.07, 6.45) is 0.762. The molecule has 1 N–H and O–H groups in total. The van der Waals surface area contributed by atoms with Crippen LogP contribution in [0.5, 0.6) is 0 Å². The maximum Gasteiger partial charge on any atom is 0.231 e. The second-order valence-corrected chi connectivity index (χ2v) is 4.18. The van der Waals surface area contributed by atoms with E-state index in [1.54, 1.807) is 24.1 Å². The largest absolute Gasteiger partial charge is 0.326 e. The summed E-state index contributed by atoms with van der Waals surface area (Å²) in [7, 11) is 1.74. The average Bonchev–Trinajstić information content (AvgIpc) is 2.62. The van der Waals surface area contributed by atoms with Crippen LogP contribution in [0, 0.1) is 11.3 Å². The van der Waals surface area contributed by atoms with Gasteiger partial charge in [0.1, 0.15) is 0 Å². The van der Waals surface area contributed by atoms with Gasteiger partial charge in [0.05, 0.1) is 12.5 Å². The Bertz CT molecular complexity index is 546. The third-order valence-electron chi connectivity index (χ3n) is 2.90. The number of likely N-dealkylation sites (N-methyl/N-ethyl adjacent to an activating group) is 1. The van der Waals surface area contributed by atoms with Crippen LogP contribution in [0.1, 0.15) is 18.4 Å². The molecule has 0 spiro atoms. The highest BCUT2D eigenvalue weighted by atomic mass is 16.2. The fourth-order valence-electron chi connectivity index (χ4n) is 1.94. The van der Waals surface area contributed by atoms with Crippen LogP contribution in [-0.2, 0) is 16.0 Å². The third kappa shape index (κ3) is 2.33. The van der Waals surface area contributed by atoms with Crippen LogP contribution in [0.2, 0.25) is 0 Å². The number of fused-ring (bicyclic) bond motifs is 1. The van der Waals surface area contributed by atoms with Crippen LogP contribution >= 0.6 is 0 Å². The first-order valence-corrected chi connectivity index (χ1v) is 5.68. The van der Waals surface area contributed by atoms with Gasteiger partial charge in [0.25, 0.3) is 0 Å². The number of hydrogen-bond donors (Lipinski definition) is 1. The molecule has 0 atom stereocenters. The van der Waals surface area contributed by atoms with E-state index in [0.29, 0.717) is 12.1 Å². The van der Waals surface area contributed by atoms with Gasteiger partial charge < -0.3 is 10.2 Å². The van der Waals surface area contributed by atoms with Gasteiger partial charge in [-0.1, -0.05) is 0 Å². The molecule has 1 aromatic carbocycles. The van der Waals surface area contributed by atoms with Crippen molar-refractivity contribution in [2.75, 3.05) is 17.3 Å². The minimum Gasteiger partial charge on any atom is -0.326 e. The fraction of sp³-hybridized carbons (Fsp3) is 0.308. The Kier molecular flexibility index (Phi) is 3.28. The molecule has 5 heteroatoms. The number of rotatable bonds is 3. The van der Waals surface area contributed by atoms with Crippen molar-refractivity contribution < 1.29 is 9.59 Å². The van der Waals surface area contributed by atoms with Crippen molar-refractivity contribution in [1.82, 2.24) is 0 Å². The predicted octanol–water partition coefficient (Wildman–Crippen LogP) is 1.45. The average molecular weight is 243 g/mol. The summed E-state index contributed by atoms with van der Waals surface area (Å²) in [5.74, 6) is -0.132. The van der Waals surface area contributed by atoms with Gasteiger partial charge in [0.2, 0.25) is 11.8 Å². The second kappa shape index (κ2) is 4.88. The lowest BCUT2D eigenvalue weighted by atomic mass is 10.1. The molecule has 1 aliphatic heterocycles. The minimum absolute atomic E-state index is 0.0537. The maximum absolute atomic E-state index is 11.5. The molecule has 0 radical (unpaired) electrons. The number of amides is 2. The van der Waals surface area contributed by atoms with Crippen molar-refractivity contribution >= 4 is 23.2 Å². The Morgan fingerprint density at radius 1 is 1.56 bits per heavy atom. The number of benzene rings is 1. The first-order chi connectivity index (χ1) is 8.61. The molecule has 0 unspecified atom stereocenters. The van der Waals surface area contributed by atoms with Gasteiger partial charge in [0, 0.05) is 31.3 Å². The highest BCUT2D eigenvalue weighted by Crippen LogP contribution is 2.29. The second-order valence-electron chi connectivity index (χ2n) is 4.18. The third-order valence-corrected chi connectivity index (χ3v) is 2.90. The van der Waals surface area contributed by atoms with Gasteiger partial charge in [-0.3, -0.25) is 9.59 Å². The number of nitrogens with one attached hydrogen (secondary N) is 1. The van der Waals surface area contributed by atoms with Crippen LogP contribution in [0.15, 0.2) is 18.2 Å². The van der Waals surface area contributed by atoms with E-state index >= 15 is 0 Å². The molecule has 0 saturated heterocycles. The van der Waals surface area contributed by atoms with Gasteiger partial charge in [-0.15, -0.1) is 0 Å². The van der Waals surface area contributed by atoms with Gasteiger partial charge >= 0.3 is 0 Å². The van der Waals surface area contributed by atoms with Crippen LogP contribution in [0.25, 0.3) is 0 Å². The lowest BCUT2D eigenvalue weighted by Crippen LogP contribution is -2.20. The maximum atomic E-state index is 11.5. The van der Waals surface area contributed by atoms with E-state index in [1.807, 2.05) is 12.1 Å². The summed E-state index contributed by atoms with van der Waals surface area (Å²) < 4.78 is 0. The zero-order valence-electron chi connectivity index (χ0n) is 10.1. The van der Waals surface area contributed by atoms with Gasteiger partial charge in [-0.05, 0) is 23.8 Å². The SMILES string of the molecule is CN1C(=O)Cc2cc(NC(=O)CCC#N)ccc21. The lowest BCUT2D eigenvalue weighted by Gasteiger charge is -2.10. The van der Waals surface area contributed by atoms with Crippen molar-refractivity contribution in [3.8, 4) is 6.07 Å². The van der Waals surface area contributed by atoms with Crippen LogP contribution in [0.3, 0.4) is 0 Å². The Morgan fingerprint density at radius 2 is 2.33 bits per heavy atom.